The van der Waals surface area contributed by atoms with Gasteiger partial charge in [0.05, 0.1) is 5.56 Å². The van der Waals surface area contributed by atoms with Crippen LogP contribution < -0.4 is 0 Å². The molecule has 0 fully saturated rings. The maximum absolute atomic E-state index is 5.24. The van der Waals surface area contributed by atoms with Crippen molar-refractivity contribution in [3.8, 4) is 22.3 Å². The second kappa shape index (κ2) is 4.05. The Morgan fingerprint density at radius 2 is 2.00 bits per heavy atom. The van der Waals surface area contributed by atoms with Crippen LogP contribution in [-0.2, 0) is 0 Å². The lowest BCUT2D eigenvalue weighted by atomic mass is 10.3. The number of aromatic nitrogens is 3. The average Bonchev–Trinajstić information content (AvgIpc) is 2.96. The highest BCUT2D eigenvalue weighted by Crippen LogP contribution is 2.27. The zero-order valence-corrected chi connectivity index (χ0v) is 10.9. The first-order valence-electron chi connectivity index (χ1n) is 5.04. The molecule has 3 rings (SSSR count). The monoisotopic (exact) mass is 263 g/mol. The van der Waals surface area contributed by atoms with E-state index in [1.165, 1.54) is 16.2 Å². The molecule has 0 saturated heterocycles. The van der Waals surface area contributed by atoms with E-state index in [9.17, 15) is 0 Å². The summed E-state index contributed by atoms with van der Waals surface area (Å²) in [6.45, 7) is 4.00. The first-order valence-corrected chi connectivity index (χ1v) is 6.80. The predicted molar refractivity (Wildman–Crippen MR) is 68.2 cm³/mol. The fraction of sp³-hybridized carbons (Fsp3) is 0.182. The normalized spacial score (nSPS) is 10.9. The molecule has 0 aliphatic carbocycles. The van der Waals surface area contributed by atoms with Crippen molar-refractivity contribution in [2.75, 3.05) is 0 Å². The first-order chi connectivity index (χ1) is 8.22. The Kier molecular flexibility index (Phi) is 2.53. The third-order valence-corrected chi connectivity index (χ3v) is 4.03. The Labute approximate surface area is 106 Å². The van der Waals surface area contributed by atoms with Crippen molar-refractivity contribution in [2.45, 2.75) is 13.8 Å². The number of thiazole rings is 1. The van der Waals surface area contributed by atoms with Crippen LogP contribution in [0.15, 0.2) is 21.3 Å². The lowest BCUT2D eigenvalue weighted by Crippen LogP contribution is -1.79. The van der Waals surface area contributed by atoms with Crippen LogP contribution >= 0.6 is 22.7 Å². The average molecular weight is 263 g/mol. The van der Waals surface area contributed by atoms with E-state index in [1.807, 2.05) is 23.8 Å². The van der Waals surface area contributed by atoms with Gasteiger partial charge in [-0.25, -0.2) is 4.98 Å². The maximum atomic E-state index is 5.24. The molecule has 0 N–H and O–H groups in total. The quantitative estimate of drug-likeness (QED) is 0.709. The molecule has 3 aromatic heterocycles. The Morgan fingerprint density at radius 1 is 1.12 bits per heavy atom. The smallest absolute Gasteiger partial charge is 0.259 e. The van der Waals surface area contributed by atoms with E-state index in [0.717, 1.165) is 16.3 Å². The molecule has 3 aromatic rings. The Bertz CT molecular complexity index is 598. The van der Waals surface area contributed by atoms with Crippen molar-refractivity contribution in [2.24, 2.45) is 0 Å². The van der Waals surface area contributed by atoms with E-state index in [4.69, 9.17) is 4.52 Å². The molecule has 0 aliphatic rings. The van der Waals surface area contributed by atoms with Crippen LogP contribution in [0.5, 0.6) is 0 Å². The van der Waals surface area contributed by atoms with Gasteiger partial charge in [-0.3, -0.25) is 0 Å². The van der Waals surface area contributed by atoms with Crippen LogP contribution in [0.2, 0.25) is 0 Å². The number of rotatable bonds is 2. The van der Waals surface area contributed by atoms with Gasteiger partial charge < -0.3 is 4.52 Å². The van der Waals surface area contributed by atoms with Gasteiger partial charge in [0.1, 0.15) is 0 Å². The summed E-state index contributed by atoms with van der Waals surface area (Å²) in [5.74, 6) is 1.11. The van der Waals surface area contributed by atoms with Gasteiger partial charge in [-0.15, -0.1) is 22.7 Å². The number of nitrogens with zero attached hydrogens (tertiary/aromatic N) is 3. The predicted octanol–water partition coefficient (Wildman–Crippen LogP) is 3.54. The third-order valence-electron chi connectivity index (χ3n) is 2.21. The van der Waals surface area contributed by atoms with E-state index in [0.29, 0.717) is 11.7 Å². The minimum absolute atomic E-state index is 0.553. The van der Waals surface area contributed by atoms with Crippen molar-refractivity contribution in [3.05, 3.63) is 27.4 Å². The minimum Gasteiger partial charge on any atom is -0.333 e. The summed E-state index contributed by atoms with van der Waals surface area (Å²) < 4.78 is 5.24. The van der Waals surface area contributed by atoms with E-state index >= 15 is 0 Å². The van der Waals surface area contributed by atoms with E-state index in [2.05, 4.69) is 22.0 Å². The number of hydrogen-bond acceptors (Lipinski definition) is 6. The molecule has 3 heterocycles. The molecular formula is C11H9N3OS2. The first kappa shape index (κ1) is 10.6. The van der Waals surface area contributed by atoms with Crippen LogP contribution in [0.1, 0.15) is 10.6 Å². The van der Waals surface area contributed by atoms with Crippen molar-refractivity contribution < 1.29 is 4.52 Å². The summed E-state index contributed by atoms with van der Waals surface area (Å²) in [6, 6.07) is 2.04. The largest absolute Gasteiger partial charge is 0.333 e. The fourth-order valence-electron chi connectivity index (χ4n) is 1.44. The summed E-state index contributed by atoms with van der Waals surface area (Å²) in [4.78, 5) is 9.91. The molecular weight excluding hydrogens is 254 g/mol. The van der Waals surface area contributed by atoms with Gasteiger partial charge in [0.2, 0.25) is 5.82 Å². The van der Waals surface area contributed by atoms with Gasteiger partial charge in [0.25, 0.3) is 5.89 Å². The molecule has 0 spiro atoms. The maximum Gasteiger partial charge on any atom is 0.259 e. The number of thiophene rings is 1. The molecule has 6 heteroatoms. The molecule has 17 heavy (non-hydrogen) atoms. The summed E-state index contributed by atoms with van der Waals surface area (Å²) >= 11 is 3.19. The van der Waals surface area contributed by atoms with Gasteiger partial charge in [-0.05, 0) is 19.9 Å². The highest BCUT2D eigenvalue weighted by Gasteiger charge is 2.13. The topological polar surface area (TPSA) is 51.8 Å². The van der Waals surface area contributed by atoms with E-state index < -0.39 is 0 Å². The van der Waals surface area contributed by atoms with Crippen LogP contribution in [0, 0.1) is 13.8 Å². The second-order valence-corrected chi connectivity index (χ2v) is 5.64. The Balaban J connectivity index is 1.98. The van der Waals surface area contributed by atoms with Crippen LogP contribution in [-0.4, -0.2) is 15.1 Å². The van der Waals surface area contributed by atoms with E-state index in [1.54, 1.807) is 11.3 Å². The van der Waals surface area contributed by atoms with Crippen LogP contribution in [0.4, 0.5) is 0 Å². The SMILES string of the molecule is Cc1csc(-c2noc(-c3csc(C)c3)n2)n1. The lowest BCUT2D eigenvalue weighted by Gasteiger charge is -1.84. The molecule has 0 saturated carbocycles. The highest BCUT2D eigenvalue weighted by atomic mass is 32.1. The second-order valence-electron chi connectivity index (χ2n) is 3.66. The van der Waals surface area contributed by atoms with Gasteiger partial charge >= 0.3 is 0 Å². The molecule has 86 valence electrons. The summed E-state index contributed by atoms with van der Waals surface area (Å²) in [5.41, 5.74) is 1.95. The van der Waals surface area contributed by atoms with E-state index in [-0.39, 0.29) is 0 Å². The lowest BCUT2D eigenvalue weighted by molar-refractivity contribution is 0.432. The Morgan fingerprint density at radius 3 is 2.65 bits per heavy atom. The molecule has 0 amide bonds. The van der Waals surface area contributed by atoms with Gasteiger partial charge in [0, 0.05) is 21.3 Å². The highest BCUT2D eigenvalue weighted by molar-refractivity contribution is 7.13. The van der Waals surface area contributed by atoms with Gasteiger partial charge in [0.15, 0.2) is 5.01 Å². The van der Waals surface area contributed by atoms with Crippen molar-refractivity contribution in [1.29, 1.82) is 0 Å². The van der Waals surface area contributed by atoms with Crippen molar-refractivity contribution in [3.63, 3.8) is 0 Å². The van der Waals surface area contributed by atoms with Crippen LogP contribution in [0.25, 0.3) is 22.3 Å². The molecule has 0 aromatic carbocycles. The van der Waals surface area contributed by atoms with Gasteiger partial charge in [-0.1, -0.05) is 5.16 Å². The zero-order valence-electron chi connectivity index (χ0n) is 9.30. The van der Waals surface area contributed by atoms with Crippen LogP contribution in [0.3, 0.4) is 0 Å². The Hall–Kier alpha value is -1.53. The summed E-state index contributed by atoms with van der Waals surface area (Å²) in [7, 11) is 0. The number of aryl methyl sites for hydroxylation is 2. The zero-order chi connectivity index (χ0) is 11.8. The van der Waals surface area contributed by atoms with Crippen molar-refractivity contribution in [1.82, 2.24) is 15.1 Å². The molecule has 0 bridgehead atoms. The third kappa shape index (κ3) is 2.01. The minimum atomic E-state index is 0.553. The molecule has 4 nitrogen and oxygen atoms in total. The molecule has 0 unspecified atom stereocenters. The molecule has 0 radical (unpaired) electrons. The standard InChI is InChI=1S/C11H9N3OS2/c1-6-4-17-11(12-6)9-13-10(15-14-9)8-3-7(2)16-5-8/h3-5H,1-2H3. The van der Waals surface area contributed by atoms with Gasteiger partial charge in [-0.2, -0.15) is 4.98 Å². The fourth-order valence-corrected chi connectivity index (χ4v) is 2.84. The summed E-state index contributed by atoms with van der Waals surface area (Å²) in [5, 5.41) is 8.73. The number of hydrogen-bond donors (Lipinski definition) is 0. The molecule has 0 aliphatic heterocycles. The molecule has 0 atom stereocenters. The summed E-state index contributed by atoms with van der Waals surface area (Å²) in [6.07, 6.45) is 0. The van der Waals surface area contributed by atoms with Crippen molar-refractivity contribution >= 4 is 22.7 Å².